The number of fused-ring (bicyclic) bond motifs is 4. The topological polar surface area (TPSA) is 51.8 Å². The monoisotopic (exact) mass is 297 g/mol. The Hall–Kier alpha value is -3.27. The summed E-state index contributed by atoms with van der Waals surface area (Å²) < 4.78 is 5.79. The van der Waals surface area contributed by atoms with Crippen LogP contribution in [0.3, 0.4) is 0 Å². The molecule has 0 radical (unpaired) electrons. The van der Waals surface area contributed by atoms with Gasteiger partial charge in [0, 0.05) is 23.3 Å². The number of pyridine rings is 3. The first kappa shape index (κ1) is 12.3. The quantitative estimate of drug-likeness (QED) is 0.454. The smallest absolute Gasteiger partial charge is 0.155 e. The molecule has 0 spiro atoms. The maximum Gasteiger partial charge on any atom is 0.155 e. The number of aromatic nitrogens is 3. The lowest BCUT2D eigenvalue weighted by molar-refractivity contribution is 0.666. The lowest BCUT2D eigenvalue weighted by Gasteiger charge is -2.05. The molecule has 4 heterocycles. The predicted molar refractivity (Wildman–Crippen MR) is 90.0 cm³/mol. The zero-order valence-corrected chi connectivity index (χ0v) is 12.1. The fourth-order valence-corrected chi connectivity index (χ4v) is 2.96. The van der Waals surface area contributed by atoms with Gasteiger partial charge in [-0.1, -0.05) is 24.3 Å². The Kier molecular flexibility index (Phi) is 2.46. The van der Waals surface area contributed by atoms with Crippen molar-refractivity contribution < 1.29 is 4.42 Å². The van der Waals surface area contributed by atoms with Crippen LogP contribution in [0.25, 0.3) is 44.2 Å². The zero-order valence-electron chi connectivity index (χ0n) is 12.1. The van der Waals surface area contributed by atoms with E-state index in [1.807, 2.05) is 36.4 Å². The average Bonchev–Trinajstić information content (AvgIpc) is 2.99. The number of nitrogens with zero attached hydrogens (tertiary/aromatic N) is 3. The van der Waals surface area contributed by atoms with Crippen LogP contribution in [0, 0.1) is 0 Å². The molecule has 0 unspecified atom stereocenters. The number of hydrogen-bond acceptors (Lipinski definition) is 4. The first-order chi connectivity index (χ1) is 11.4. The minimum Gasteiger partial charge on any atom is -0.453 e. The molecule has 4 nitrogen and oxygen atoms in total. The molecule has 0 amide bonds. The van der Waals surface area contributed by atoms with E-state index in [4.69, 9.17) is 4.42 Å². The molecule has 0 N–H and O–H groups in total. The number of hydrogen-bond donors (Lipinski definition) is 0. The molecule has 0 aliphatic heterocycles. The molecule has 0 saturated heterocycles. The van der Waals surface area contributed by atoms with Crippen molar-refractivity contribution in [2.75, 3.05) is 0 Å². The summed E-state index contributed by atoms with van der Waals surface area (Å²) in [5, 5.41) is 2.07. The Morgan fingerprint density at radius 1 is 0.739 bits per heavy atom. The molecule has 4 aromatic heterocycles. The molecule has 0 aliphatic rings. The highest BCUT2D eigenvalue weighted by molar-refractivity contribution is 6.04. The molecule has 0 saturated carbocycles. The van der Waals surface area contributed by atoms with Crippen molar-refractivity contribution in [1.29, 1.82) is 0 Å². The lowest BCUT2D eigenvalue weighted by Crippen LogP contribution is -1.87. The fourth-order valence-electron chi connectivity index (χ4n) is 2.96. The van der Waals surface area contributed by atoms with E-state index in [2.05, 4.69) is 27.1 Å². The largest absolute Gasteiger partial charge is 0.453 e. The highest BCUT2D eigenvalue weighted by atomic mass is 16.3. The van der Waals surface area contributed by atoms with Crippen molar-refractivity contribution in [1.82, 2.24) is 15.0 Å². The molecule has 0 atom stereocenters. The molecular weight excluding hydrogens is 286 g/mol. The SMILES string of the molecule is c1cnc2c(-c3cc4c(cn3)oc3cccnc34)cccc2c1. The van der Waals surface area contributed by atoms with Crippen molar-refractivity contribution in [3.8, 4) is 11.3 Å². The van der Waals surface area contributed by atoms with E-state index in [9.17, 15) is 0 Å². The van der Waals surface area contributed by atoms with Gasteiger partial charge in [0.2, 0.25) is 0 Å². The second kappa shape index (κ2) is 4.61. The van der Waals surface area contributed by atoms with Crippen molar-refractivity contribution in [2.45, 2.75) is 0 Å². The zero-order chi connectivity index (χ0) is 15.2. The molecule has 108 valence electrons. The second-order valence-electron chi connectivity index (χ2n) is 5.40. The van der Waals surface area contributed by atoms with E-state index in [1.165, 1.54) is 0 Å². The summed E-state index contributed by atoms with van der Waals surface area (Å²) in [4.78, 5) is 13.5. The second-order valence-corrected chi connectivity index (χ2v) is 5.40. The summed E-state index contributed by atoms with van der Waals surface area (Å²) in [7, 11) is 0. The van der Waals surface area contributed by atoms with Gasteiger partial charge in [0.25, 0.3) is 0 Å². The molecule has 5 rings (SSSR count). The predicted octanol–water partition coefficient (Wildman–Crippen LogP) is 4.59. The van der Waals surface area contributed by atoms with E-state index >= 15 is 0 Å². The van der Waals surface area contributed by atoms with Crippen molar-refractivity contribution in [3.63, 3.8) is 0 Å². The van der Waals surface area contributed by atoms with Crippen LogP contribution in [0.4, 0.5) is 0 Å². The molecule has 1 aromatic carbocycles. The minimum absolute atomic E-state index is 0.746. The van der Waals surface area contributed by atoms with Crippen LogP contribution in [-0.2, 0) is 0 Å². The fraction of sp³-hybridized carbons (Fsp3) is 0. The van der Waals surface area contributed by atoms with Crippen LogP contribution in [-0.4, -0.2) is 15.0 Å². The summed E-state index contributed by atoms with van der Waals surface area (Å²) in [6.45, 7) is 0. The lowest BCUT2D eigenvalue weighted by atomic mass is 10.1. The Morgan fingerprint density at radius 3 is 2.52 bits per heavy atom. The van der Waals surface area contributed by atoms with Gasteiger partial charge < -0.3 is 4.42 Å². The summed E-state index contributed by atoms with van der Waals surface area (Å²) in [6, 6.07) is 15.9. The molecule has 0 bridgehead atoms. The Morgan fingerprint density at radius 2 is 1.57 bits per heavy atom. The van der Waals surface area contributed by atoms with Gasteiger partial charge in [-0.3, -0.25) is 15.0 Å². The summed E-state index contributed by atoms with van der Waals surface area (Å²) in [5.41, 5.74) is 5.21. The highest BCUT2D eigenvalue weighted by Gasteiger charge is 2.12. The van der Waals surface area contributed by atoms with E-state index in [0.29, 0.717) is 0 Å². The first-order valence-electron chi connectivity index (χ1n) is 7.37. The van der Waals surface area contributed by atoms with Gasteiger partial charge in [0.05, 0.1) is 22.8 Å². The Labute approximate surface area is 131 Å². The Balaban J connectivity index is 1.84. The minimum atomic E-state index is 0.746. The van der Waals surface area contributed by atoms with Gasteiger partial charge in [-0.15, -0.1) is 0 Å². The van der Waals surface area contributed by atoms with Gasteiger partial charge in [0.1, 0.15) is 5.52 Å². The Bertz CT molecular complexity index is 1170. The highest BCUT2D eigenvalue weighted by Crippen LogP contribution is 2.31. The molecule has 0 fully saturated rings. The van der Waals surface area contributed by atoms with Gasteiger partial charge in [-0.2, -0.15) is 0 Å². The number of para-hydroxylation sites is 1. The first-order valence-corrected chi connectivity index (χ1v) is 7.37. The van der Waals surface area contributed by atoms with Crippen LogP contribution in [0.5, 0.6) is 0 Å². The van der Waals surface area contributed by atoms with Crippen molar-refractivity contribution in [3.05, 3.63) is 67.1 Å². The normalized spacial score (nSPS) is 11.5. The van der Waals surface area contributed by atoms with Gasteiger partial charge in [-0.05, 0) is 24.3 Å². The van der Waals surface area contributed by atoms with Crippen LogP contribution >= 0.6 is 0 Å². The summed E-state index contributed by atoms with van der Waals surface area (Å²) in [5.74, 6) is 0. The number of rotatable bonds is 1. The third-order valence-electron chi connectivity index (χ3n) is 4.02. The summed E-state index contributed by atoms with van der Waals surface area (Å²) in [6.07, 6.45) is 5.34. The molecule has 0 aliphatic carbocycles. The van der Waals surface area contributed by atoms with E-state index in [0.717, 1.165) is 44.2 Å². The van der Waals surface area contributed by atoms with Crippen LogP contribution in [0.2, 0.25) is 0 Å². The standard InChI is InChI=1S/C19H11N3O/c1-4-12-5-2-8-20-18(12)13(6-1)15-10-14-17(11-22-15)23-16-7-3-9-21-19(14)16/h1-11H. The van der Waals surface area contributed by atoms with Crippen LogP contribution < -0.4 is 0 Å². The van der Waals surface area contributed by atoms with Crippen molar-refractivity contribution >= 4 is 33.0 Å². The molecule has 4 heteroatoms. The number of furan rings is 1. The average molecular weight is 297 g/mol. The number of benzene rings is 1. The molecule has 5 aromatic rings. The van der Waals surface area contributed by atoms with Crippen LogP contribution in [0.15, 0.2) is 71.5 Å². The maximum atomic E-state index is 5.79. The van der Waals surface area contributed by atoms with Gasteiger partial charge in [0.15, 0.2) is 11.2 Å². The van der Waals surface area contributed by atoms with E-state index < -0.39 is 0 Å². The van der Waals surface area contributed by atoms with Crippen molar-refractivity contribution in [2.24, 2.45) is 0 Å². The maximum absolute atomic E-state index is 5.79. The third kappa shape index (κ3) is 1.82. The molecular formula is C19H11N3O. The van der Waals surface area contributed by atoms with E-state index in [-0.39, 0.29) is 0 Å². The van der Waals surface area contributed by atoms with E-state index in [1.54, 1.807) is 18.6 Å². The molecule has 23 heavy (non-hydrogen) atoms. The third-order valence-corrected chi connectivity index (χ3v) is 4.02. The van der Waals surface area contributed by atoms with Crippen LogP contribution in [0.1, 0.15) is 0 Å². The van der Waals surface area contributed by atoms with Gasteiger partial charge >= 0.3 is 0 Å². The summed E-state index contributed by atoms with van der Waals surface area (Å²) >= 11 is 0. The van der Waals surface area contributed by atoms with Gasteiger partial charge in [-0.25, -0.2) is 0 Å².